The molecule has 3 rings (SSSR count). The molecule has 0 fully saturated rings. The summed E-state index contributed by atoms with van der Waals surface area (Å²) in [6.45, 7) is 0.506. The molecule has 19 heavy (non-hydrogen) atoms. The van der Waals surface area contributed by atoms with Crippen LogP contribution in [0.3, 0.4) is 0 Å². The predicted molar refractivity (Wildman–Crippen MR) is 72.6 cm³/mol. The summed E-state index contributed by atoms with van der Waals surface area (Å²) in [4.78, 5) is 23.3. The molecule has 2 amide bonds. The van der Waals surface area contributed by atoms with Gasteiger partial charge in [-0.2, -0.15) is 0 Å². The minimum Gasteiger partial charge on any atom is -0.477 e. The molecule has 1 aliphatic rings. The first-order valence-corrected chi connectivity index (χ1v) is 6.46. The molecule has 3 N–H and O–H groups in total. The van der Waals surface area contributed by atoms with E-state index in [9.17, 15) is 9.59 Å². The van der Waals surface area contributed by atoms with Crippen LogP contribution in [0.4, 0.5) is 10.5 Å². The average Bonchev–Trinajstić information content (AvgIpc) is 2.87. The zero-order valence-corrected chi connectivity index (χ0v) is 10.6. The van der Waals surface area contributed by atoms with E-state index >= 15 is 0 Å². The lowest BCUT2D eigenvalue weighted by Crippen LogP contribution is -2.33. The van der Waals surface area contributed by atoms with Crippen molar-refractivity contribution in [2.75, 3.05) is 5.32 Å². The van der Waals surface area contributed by atoms with Crippen LogP contribution in [0.25, 0.3) is 10.4 Å². The maximum Gasteiger partial charge on any atom is 0.345 e. The fourth-order valence-electron chi connectivity index (χ4n) is 1.95. The summed E-state index contributed by atoms with van der Waals surface area (Å²) in [5, 5.41) is 14.3. The normalized spacial score (nSPS) is 13.4. The number of benzene rings is 1. The van der Waals surface area contributed by atoms with Gasteiger partial charge < -0.3 is 15.7 Å². The molecule has 6 heteroatoms. The number of rotatable bonds is 2. The third kappa shape index (κ3) is 2.17. The second-order valence-corrected chi connectivity index (χ2v) is 5.23. The Bertz CT molecular complexity index is 678. The maximum atomic E-state index is 11.3. The van der Waals surface area contributed by atoms with Crippen LogP contribution in [0.1, 0.15) is 15.2 Å². The van der Waals surface area contributed by atoms with Gasteiger partial charge in [-0.15, -0.1) is 11.3 Å². The van der Waals surface area contributed by atoms with E-state index in [1.54, 1.807) is 12.1 Å². The number of carbonyl (C=O) groups excluding carboxylic acids is 1. The van der Waals surface area contributed by atoms with Gasteiger partial charge in [0.1, 0.15) is 4.88 Å². The molecule has 0 bridgehead atoms. The number of urea groups is 1. The van der Waals surface area contributed by atoms with E-state index in [1.807, 2.05) is 18.2 Å². The van der Waals surface area contributed by atoms with Gasteiger partial charge in [0.25, 0.3) is 0 Å². The molecule has 2 heterocycles. The zero-order chi connectivity index (χ0) is 13.4. The summed E-state index contributed by atoms with van der Waals surface area (Å²) in [5.41, 5.74) is 2.68. The Morgan fingerprint density at radius 2 is 2.11 bits per heavy atom. The van der Waals surface area contributed by atoms with Gasteiger partial charge in [0.2, 0.25) is 0 Å². The molecule has 1 aromatic heterocycles. The number of anilines is 1. The van der Waals surface area contributed by atoms with Crippen molar-refractivity contribution in [2.24, 2.45) is 0 Å². The fourth-order valence-corrected chi connectivity index (χ4v) is 2.79. The van der Waals surface area contributed by atoms with Crippen molar-refractivity contribution in [3.63, 3.8) is 0 Å². The van der Waals surface area contributed by atoms with E-state index < -0.39 is 5.97 Å². The van der Waals surface area contributed by atoms with Crippen molar-refractivity contribution < 1.29 is 14.7 Å². The smallest absolute Gasteiger partial charge is 0.345 e. The van der Waals surface area contributed by atoms with Crippen LogP contribution in [-0.4, -0.2) is 17.1 Å². The molecule has 0 atom stereocenters. The lowest BCUT2D eigenvalue weighted by molar-refractivity contribution is 0.0702. The number of carbonyl (C=O) groups is 2. The third-order valence-corrected chi connectivity index (χ3v) is 4.02. The van der Waals surface area contributed by atoms with E-state index in [-0.39, 0.29) is 6.03 Å². The number of thiophene rings is 1. The molecular formula is C13H10N2O3S. The van der Waals surface area contributed by atoms with Crippen LogP contribution < -0.4 is 10.6 Å². The molecule has 96 valence electrons. The van der Waals surface area contributed by atoms with Crippen molar-refractivity contribution in [1.82, 2.24) is 5.32 Å². The number of nitrogens with one attached hydrogen (secondary N) is 2. The number of aromatic carboxylic acids is 1. The number of fused-ring (bicyclic) bond motifs is 1. The summed E-state index contributed by atoms with van der Waals surface area (Å²) in [6, 6.07) is 8.86. The number of hydrogen-bond donors (Lipinski definition) is 3. The average molecular weight is 274 g/mol. The zero-order valence-electron chi connectivity index (χ0n) is 9.77. The first-order chi connectivity index (χ1) is 9.13. The lowest BCUT2D eigenvalue weighted by Gasteiger charge is -2.18. The highest BCUT2D eigenvalue weighted by Gasteiger charge is 2.15. The summed E-state index contributed by atoms with van der Waals surface area (Å²) in [6.07, 6.45) is 0. The number of hydrogen-bond acceptors (Lipinski definition) is 3. The van der Waals surface area contributed by atoms with Crippen LogP contribution in [0.2, 0.25) is 0 Å². The quantitative estimate of drug-likeness (QED) is 0.788. The van der Waals surface area contributed by atoms with Gasteiger partial charge in [-0.3, -0.25) is 0 Å². The summed E-state index contributed by atoms with van der Waals surface area (Å²) in [5.74, 6) is -0.924. The molecule has 2 aromatic rings. The maximum absolute atomic E-state index is 11.3. The van der Waals surface area contributed by atoms with Gasteiger partial charge in [-0.25, -0.2) is 9.59 Å². The minimum absolute atomic E-state index is 0.220. The Hall–Kier alpha value is -2.34. The van der Waals surface area contributed by atoms with Gasteiger partial charge >= 0.3 is 12.0 Å². The van der Waals surface area contributed by atoms with Crippen LogP contribution in [-0.2, 0) is 6.54 Å². The van der Waals surface area contributed by atoms with E-state index in [2.05, 4.69) is 10.6 Å². The van der Waals surface area contributed by atoms with E-state index in [0.29, 0.717) is 11.4 Å². The largest absolute Gasteiger partial charge is 0.477 e. The molecular weight excluding hydrogens is 264 g/mol. The Balaban J connectivity index is 1.99. The van der Waals surface area contributed by atoms with E-state index in [4.69, 9.17) is 5.11 Å². The van der Waals surface area contributed by atoms with Crippen molar-refractivity contribution in [1.29, 1.82) is 0 Å². The van der Waals surface area contributed by atoms with Gasteiger partial charge in [0.05, 0.1) is 0 Å². The lowest BCUT2D eigenvalue weighted by atomic mass is 10.1. The first kappa shape index (κ1) is 11.7. The van der Waals surface area contributed by atoms with Crippen LogP contribution >= 0.6 is 11.3 Å². The van der Waals surface area contributed by atoms with Crippen LogP contribution in [0.5, 0.6) is 0 Å². The van der Waals surface area contributed by atoms with Gasteiger partial charge in [0, 0.05) is 17.1 Å². The van der Waals surface area contributed by atoms with Crippen molar-refractivity contribution >= 4 is 29.0 Å². The molecule has 0 saturated carbocycles. The topological polar surface area (TPSA) is 78.4 Å². The Labute approximate surface area is 112 Å². The fraction of sp³-hybridized carbons (Fsp3) is 0.0769. The summed E-state index contributed by atoms with van der Waals surface area (Å²) >= 11 is 1.22. The van der Waals surface area contributed by atoms with E-state index in [1.165, 1.54) is 11.3 Å². The Kier molecular flexibility index (Phi) is 2.72. The molecule has 5 nitrogen and oxygen atoms in total. The molecule has 0 aliphatic carbocycles. The molecule has 0 unspecified atom stereocenters. The number of carboxylic acid groups (broad SMARTS) is 1. The van der Waals surface area contributed by atoms with Crippen LogP contribution in [0, 0.1) is 0 Å². The highest BCUT2D eigenvalue weighted by atomic mass is 32.1. The summed E-state index contributed by atoms with van der Waals surface area (Å²) < 4.78 is 0. The highest BCUT2D eigenvalue weighted by Crippen LogP contribution is 2.32. The number of carboxylic acids is 1. The Morgan fingerprint density at radius 3 is 2.84 bits per heavy atom. The third-order valence-electron chi connectivity index (χ3n) is 2.90. The van der Waals surface area contributed by atoms with Gasteiger partial charge in [-0.1, -0.05) is 12.1 Å². The van der Waals surface area contributed by atoms with E-state index in [0.717, 1.165) is 21.7 Å². The highest BCUT2D eigenvalue weighted by molar-refractivity contribution is 7.17. The molecule has 0 saturated heterocycles. The second kappa shape index (κ2) is 4.40. The predicted octanol–water partition coefficient (Wildman–Crippen LogP) is 2.75. The monoisotopic (exact) mass is 274 g/mol. The first-order valence-electron chi connectivity index (χ1n) is 5.65. The SMILES string of the molecule is O=C1NCc2ccc(-c3ccc(C(=O)O)s3)cc2N1. The number of amides is 2. The Morgan fingerprint density at radius 1 is 1.26 bits per heavy atom. The van der Waals surface area contributed by atoms with Crippen LogP contribution in [0.15, 0.2) is 30.3 Å². The molecule has 0 radical (unpaired) electrons. The summed E-state index contributed by atoms with van der Waals surface area (Å²) in [7, 11) is 0. The van der Waals surface area contributed by atoms with Crippen molar-refractivity contribution in [3.05, 3.63) is 40.8 Å². The minimum atomic E-state index is -0.924. The standard InChI is InChI=1S/C13H10N2O3S/c16-12(17)11-4-3-10(19-11)7-1-2-8-6-14-13(18)15-9(8)5-7/h1-5H,6H2,(H,16,17)(H2,14,15,18). The van der Waals surface area contributed by atoms with Crippen molar-refractivity contribution in [3.8, 4) is 10.4 Å². The molecule has 0 spiro atoms. The molecule has 1 aliphatic heterocycles. The van der Waals surface area contributed by atoms with Crippen molar-refractivity contribution in [2.45, 2.75) is 6.54 Å². The van der Waals surface area contributed by atoms with Gasteiger partial charge in [-0.05, 0) is 29.3 Å². The van der Waals surface area contributed by atoms with Gasteiger partial charge in [0.15, 0.2) is 0 Å². The second-order valence-electron chi connectivity index (χ2n) is 4.15. The molecule has 1 aromatic carbocycles.